The first-order valence-corrected chi connectivity index (χ1v) is 9.58. The van der Waals surface area contributed by atoms with Crippen molar-refractivity contribution in [2.75, 3.05) is 32.8 Å². The summed E-state index contributed by atoms with van der Waals surface area (Å²) in [4.78, 5) is 14.4. The molecule has 1 aliphatic heterocycles. The molecule has 0 spiro atoms. The Kier molecular flexibility index (Phi) is 7.35. The van der Waals surface area contributed by atoms with E-state index in [1.807, 2.05) is 18.2 Å². The quantitative estimate of drug-likeness (QED) is 0.762. The van der Waals surface area contributed by atoms with Gasteiger partial charge in [0.15, 0.2) is 6.61 Å². The molecular formula is C20H22Cl2N2O3. The van der Waals surface area contributed by atoms with Crippen LogP contribution in [-0.4, -0.2) is 49.8 Å². The molecule has 1 aliphatic rings. The molecule has 2 aromatic carbocycles. The summed E-state index contributed by atoms with van der Waals surface area (Å²) in [6, 6.07) is 15.2. The number of morpholine rings is 1. The lowest BCUT2D eigenvalue weighted by molar-refractivity contribution is -0.124. The molecule has 0 radical (unpaired) electrons. The van der Waals surface area contributed by atoms with Crippen molar-refractivity contribution in [1.82, 2.24) is 10.2 Å². The van der Waals surface area contributed by atoms with Crippen LogP contribution in [0.25, 0.3) is 0 Å². The van der Waals surface area contributed by atoms with Gasteiger partial charge in [-0.3, -0.25) is 9.69 Å². The summed E-state index contributed by atoms with van der Waals surface area (Å²) in [5.41, 5.74) is 1.27. The van der Waals surface area contributed by atoms with Crippen LogP contribution in [0.15, 0.2) is 48.5 Å². The second-order valence-electron chi connectivity index (χ2n) is 6.38. The second kappa shape index (κ2) is 9.95. The van der Waals surface area contributed by atoms with E-state index >= 15 is 0 Å². The molecule has 0 saturated carbocycles. The molecule has 3 rings (SSSR count). The van der Waals surface area contributed by atoms with Gasteiger partial charge in [0.25, 0.3) is 5.91 Å². The normalized spacial score (nSPS) is 17.5. The van der Waals surface area contributed by atoms with Gasteiger partial charge in [0.2, 0.25) is 0 Å². The molecule has 144 valence electrons. The summed E-state index contributed by atoms with van der Waals surface area (Å²) in [5, 5.41) is 3.75. The van der Waals surface area contributed by atoms with Gasteiger partial charge in [-0.05, 0) is 23.8 Å². The van der Waals surface area contributed by atoms with E-state index in [1.165, 1.54) is 5.56 Å². The van der Waals surface area contributed by atoms with Gasteiger partial charge in [0.05, 0.1) is 17.7 Å². The van der Waals surface area contributed by atoms with Gasteiger partial charge in [0.1, 0.15) is 5.75 Å². The van der Waals surface area contributed by atoms with Crippen molar-refractivity contribution in [3.8, 4) is 5.75 Å². The zero-order chi connectivity index (χ0) is 19.1. The third-order valence-electron chi connectivity index (χ3n) is 4.25. The van der Waals surface area contributed by atoms with Crippen LogP contribution >= 0.6 is 23.2 Å². The highest BCUT2D eigenvalue weighted by Gasteiger charge is 2.21. The van der Waals surface area contributed by atoms with Crippen LogP contribution in [0.5, 0.6) is 5.75 Å². The maximum Gasteiger partial charge on any atom is 0.258 e. The first-order chi connectivity index (χ1) is 13.1. The number of halogens is 2. The molecule has 2 aromatic rings. The van der Waals surface area contributed by atoms with Gasteiger partial charge < -0.3 is 14.8 Å². The van der Waals surface area contributed by atoms with Crippen molar-refractivity contribution in [2.24, 2.45) is 0 Å². The first-order valence-electron chi connectivity index (χ1n) is 8.82. The number of hydrogen-bond acceptors (Lipinski definition) is 4. The molecule has 7 heteroatoms. The fourth-order valence-electron chi connectivity index (χ4n) is 2.90. The molecule has 0 unspecified atom stereocenters. The van der Waals surface area contributed by atoms with Gasteiger partial charge >= 0.3 is 0 Å². The third-order valence-corrected chi connectivity index (χ3v) is 4.78. The lowest BCUT2D eigenvalue weighted by atomic mass is 10.2. The van der Waals surface area contributed by atoms with Crippen LogP contribution < -0.4 is 10.1 Å². The lowest BCUT2D eigenvalue weighted by Gasteiger charge is -2.33. The van der Waals surface area contributed by atoms with Crippen molar-refractivity contribution in [3.05, 3.63) is 64.1 Å². The van der Waals surface area contributed by atoms with Gasteiger partial charge in [-0.15, -0.1) is 0 Å². The minimum atomic E-state index is -0.218. The maximum absolute atomic E-state index is 12.0. The predicted octanol–water partition coefficient (Wildman–Crippen LogP) is 3.39. The SMILES string of the molecule is O=C(COc1ccc(Cl)cc1Cl)NC[C@@H]1CN(Cc2ccccc2)CCO1. The molecule has 0 bridgehead atoms. The molecule has 0 aromatic heterocycles. The molecule has 1 N–H and O–H groups in total. The van der Waals surface area contributed by atoms with Crippen molar-refractivity contribution in [1.29, 1.82) is 0 Å². The van der Waals surface area contributed by atoms with Crippen molar-refractivity contribution in [3.63, 3.8) is 0 Å². The summed E-state index contributed by atoms with van der Waals surface area (Å²) >= 11 is 11.9. The fraction of sp³-hybridized carbons (Fsp3) is 0.350. The van der Waals surface area contributed by atoms with E-state index in [4.69, 9.17) is 32.7 Å². The van der Waals surface area contributed by atoms with E-state index in [-0.39, 0.29) is 18.6 Å². The zero-order valence-electron chi connectivity index (χ0n) is 14.9. The summed E-state index contributed by atoms with van der Waals surface area (Å²) < 4.78 is 11.2. The van der Waals surface area contributed by atoms with E-state index in [0.29, 0.717) is 28.9 Å². The van der Waals surface area contributed by atoms with Crippen LogP contribution in [0.2, 0.25) is 10.0 Å². The average Bonchev–Trinajstić information content (AvgIpc) is 2.67. The number of benzene rings is 2. The number of ether oxygens (including phenoxy) is 2. The molecule has 1 amide bonds. The van der Waals surface area contributed by atoms with E-state index in [1.54, 1.807) is 18.2 Å². The summed E-state index contributed by atoms with van der Waals surface area (Å²) in [7, 11) is 0. The highest BCUT2D eigenvalue weighted by molar-refractivity contribution is 6.35. The summed E-state index contributed by atoms with van der Waals surface area (Å²) in [6.45, 7) is 3.54. The minimum Gasteiger partial charge on any atom is -0.482 e. The third kappa shape index (κ3) is 6.40. The van der Waals surface area contributed by atoms with Crippen LogP contribution in [0.4, 0.5) is 0 Å². The Morgan fingerprint density at radius 3 is 2.81 bits per heavy atom. The van der Waals surface area contributed by atoms with E-state index in [2.05, 4.69) is 22.3 Å². The van der Waals surface area contributed by atoms with Crippen LogP contribution in [0.3, 0.4) is 0 Å². The molecule has 1 fully saturated rings. The number of hydrogen-bond donors (Lipinski definition) is 1. The van der Waals surface area contributed by atoms with Crippen molar-refractivity contribution >= 4 is 29.1 Å². The standard InChI is InChI=1S/C20H22Cl2N2O3/c21-16-6-7-19(18(22)10-16)27-14-20(25)23-11-17-13-24(8-9-26-17)12-15-4-2-1-3-5-15/h1-7,10,17H,8-9,11-14H2,(H,23,25)/t17-/m1/s1. The Morgan fingerprint density at radius 1 is 1.22 bits per heavy atom. The van der Waals surface area contributed by atoms with E-state index in [0.717, 1.165) is 19.6 Å². The van der Waals surface area contributed by atoms with Crippen LogP contribution in [0, 0.1) is 0 Å². The molecule has 1 atom stereocenters. The van der Waals surface area contributed by atoms with Crippen LogP contribution in [0.1, 0.15) is 5.56 Å². The molecular weight excluding hydrogens is 387 g/mol. The van der Waals surface area contributed by atoms with Crippen molar-refractivity contribution < 1.29 is 14.3 Å². The lowest BCUT2D eigenvalue weighted by Crippen LogP contribution is -2.47. The molecule has 27 heavy (non-hydrogen) atoms. The predicted molar refractivity (Wildman–Crippen MR) is 106 cm³/mol. The van der Waals surface area contributed by atoms with E-state index in [9.17, 15) is 4.79 Å². The zero-order valence-corrected chi connectivity index (χ0v) is 16.4. The Morgan fingerprint density at radius 2 is 2.04 bits per heavy atom. The first kappa shape index (κ1) is 20.0. The Balaban J connectivity index is 1.40. The number of carbonyl (C=O) groups excluding carboxylic acids is 1. The maximum atomic E-state index is 12.0. The number of carbonyl (C=O) groups is 1. The highest BCUT2D eigenvalue weighted by Crippen LogP contribution is 2.27. The van der Waals surface area contributed by atoms with E-state index < -0.39 is 0 Å². The topological polar surface area (TPSA) is 50.8 Å². The summed E-state index contributed by atoms with van der Waals surface area (Å²) in [5.74, 6) is 0.212. The molecule has 0 aliphatic carbocycles. The van der Waals surface area contributed by atoms with Gasteiger partial charge in [-0.1, -0.05) is 53.5 Å². The van der Waals surface area contributed by atoms with Gasteiger partial charge in [0, 0.05) is 31.2 Å². The fourth-order valence-corrected chi connectivity index (χ4v) is 3.37. The average molecular weight is 409 g/mol. The Hall–Kier alpha value is -1.79. The Bertz CT molecular complexity index is 758. The summed E-state index contributed by atoms with van der Waals surface area (Å²) in [6.07, 6.45) is -0.0365. The van der Waals surface area contributed by atoms with Crippen molar-refractivity contribution in [2.45, 2.75) is 12.6 Å². The largest absolute Gasteiger partial charge is 0.482 e. The van der Waals surface area contributed by atoms with Crippen LogP contribution in [-0.2, 0) is 16.1 Å². The minimum absolute atomic E-state index is 0.0365. The molecule has 1 heterocycles. The van der Waals surface area contributed by atoms with Gasteiger partial charge in [-0.25, -0.2) is 0 Å². The highest BCUT2D eigenvalue weighted by atomic mass is 35.5. The smallest absolute Gasteiger partial charge is 0.258 e. The Labute approximate surface area is 169 Å². The monoisotopic (exact) mass is 408 g/mol. The molecule has 1 saturated heterocycles. The molecule has 5 nitrogen and oxygen atoms in total. The second-order valence-corrected chi connectivity index (χ2v) is 7.22. The number of nitrogens with one attached hydrogen (secondary N) is 1. The number of amides is 1. The van der Waals surface area contributed by atoms with Gasteiger partial charge in [-0.2, -0.15) is 0 Å². The number of nitrogens with zero attached hydrogens (tertiary/aromatic N) is 1. The number of rotatable bonds is 7.